The third-order valence-corrected chi connectivity index (χ3v) is 13.6. The summed E-state index contributed by atoms with van der Waals surface area (Å²) in [4.78, 5) is 6.84. The number of quaternary nitrogens is 4. The largest absolute Gasteiger partial charge is 1.00 e. The van der Waals surface area contributed by atoms with Gasteiger partial charge < -0.3 is 24.3 Å². The van der Waals surface area contributed by atoms with Gasteiger partial charge in [-0.15, -0.1) is 0 Å². The molecule has 4 aromatic rings. The summed E-state index contributed by atoms with van der Waals surface area (Å²) < 4.78 is 346. The maximum atomic E-state index is 14.2. The van der Waals surface area contributed by atoms with Crippen LogP contribution < -0.4 is 71.0 Å². The third-order valence-electron chi connectivity index (χ3n) is 13.6. The summed E-state index contributed by atoms with van der Waals surface area (Å²) in [5.41, 5.74) is -30.2. The van der Waals surface area contributed by atoms with E-state index in [1.807, 2.05) is 0 Å². The molecule has 2 aliphatic heterocycles. The van der Waals surface area contributed by atoms with Crippen LogP contribution in [0.25, 0.3) is 0 Å². The molecule has 0 saturated carbocycles. The number of hydrogen-bond acceptors (Lipinski definition) is 1. The van der Waals surface area contributed by atoms with Crippen LogP contribution in [0.5, 0.6) is 0 Å². The van der Waals surface area contributed by atoms with E-state index in [1.165, 1.54) is 78.0 Å². The van der Waals surface area contributed by atoms with Crippen molar-refractivity contribution in [1.82, 2.24) is 0 Å². The Bertz CT molecular complexity index is 2170. The molecule has 0 aromatic heterocycles. The molecule has 5 nitrogen and oxygen atoms in total. The Morgan fingerprint density at radius 2 is 0.432 bits per heavy atom. The molecule has 4 unspecified atom stereocenters. The summed E-state index contributed by atoms with van der Waals surface area (Å²) in [5, 5.41) is 0. The van der Waals surface area contributed by atoms with E-state index in [-0.39, 0.29) is 29.6 Å². The minimum absolute atomic E-state index is 0. The minimum atomic E-state index is -6.13. The normalized spacial score (nSPS) is 20.0. The van der Waals surface area contributed by atoms with Crippen molar-refractivity contribution in [1.29, 1.82) is 0 Å². The molecule has 0 bridgehead atoms. The van der Waals surface area contributed by atoms with Crippen molar-refractivity contribution in [3.05, 3.63) is 117 Å². The van der Waals surface area contributed by atoms with Crippen LogP contribution in [0.15, 0.2) is 72.8 Å². The first kappa shape index (κ1) is 71.3. The van der Waals surface area contributed by atoms with E-state index in [0.29, 0.717) is 0 Å². The summed E-state index contributed by atoms with van der Waals surface area (Å²) in [6.07, 6.45) is -49.5. The Kier molecular flexibility index (Phi) is 24.1. The van der Waals surface area contributed by atoms with Gasteiger partial charge in [0.05, 0.1) is 98.9 Å². The van der Waals surface area contributed by atoms with Crippen molar-refractivity contribution in [2.24, 2.45) is 0 Å². The fraction of sp³-hybridized carbons (Fsp3) is 0.520. The molecule has 2 heterocycles. The van der Waals surface area contributed by atoms with Crippen LogP contribution in [0, 0.1) is 0 Å². The number of alkyl halides is 24. The molecule has 0 radical (unpaired) electrons. The maximum absolute atomic E-state index is 14.2. The van der Waals surface area contributed by atoms with Gasteiger partial charge in [0.1, 0.15) is 32.3 Å². The van der Waals surface area contributed by atoms with E-state index in [2.05, 4.69) is 28.2 Å². The molecule has 4 aromatic carbocycles. The molecule has 0 amide bonds. The first-order chi connectivity index (χ1) is 36.3. The zero-order chi connectivity index (χ0) is 60.8. The summed E-state index contributed by atoms with van der Waals surface area (Å²) in [6, 6.07) is -8.81. The molecule has 2 aliphatic rings. The Hall–Kier alpha value is -3.94. The summed E-state index contributed by atoms with van der Waals surface area (Å²) in [5.74, 6) is 0. The van der Waals surface area contributed by atoms with Gasteiger partial charge in [-0.1, -0.05) is 48.5 Å². The standard InChI is InChI=1S/C32H12BF24.C14H32N4.C4H8O.Na/c34-25(35,36)13-1-14(26(37,38)39)6-21(5-13)33(22-7-15(27(40,41)42)2-16(8-22)28(43,44)45,23-9-17(29(46,47)48)3-18(10-23)30(49,50)51)24-11-19(31(52,53)54)4-20(12-24)32(55,56)57;1-15-7-5-8-17(3)13-14-18(4)10-6-9-16(2)12-11-15;1-2-4-5-3-1;/h1-12H;5-14H2,1-4H3;1-4H2;/q-1;;;+1/p+4. The molecule has 4 N–H and O–H groups in total. The molecule has 0 spiro atoms. The van der Waals surface area contributed by atoms with Crippen LogP contribution in [-0.2, 0) is 54.1 Å². The van der Waals surface area contributed by atoms with Crippen LogP contribution in [0.4, 0.5) is 105 Å². The van der Waals surface area contributed by atoms with Crippen molar-refractivity contribution in [3.63, 3.8) is 0 Å². The van der Waals surface area contributed by atoms with E-state index in [4.69, 9.17) is 4.74 Å². The average molecular weight is 1220 g/mol. The van der Waals surface area contributed by atoms with Gasteiger partial charge in [0.25, 0.3) is 0 Å². The first-order valence-electron chi connectivity index (χ1n) is 24.5. The second-order valence-electron chi connectivity index (χ2n) is 20.1. The van der Waals surface area contributed by atoms with E-state index in [1.54, 1.807) is 19.6 Å². The van der Waals surface area contributed by atoms with E-state index in [0.717, 1.165) is 13.2 Å². The minimum Gasteiger partial charge on any atom is -0.381 e. The first-order valence-corrected chi connectivity index (χ1v) is 24.5. The van der Waals surface area contributed by atoms with Gasteiger partial charge in [0.2, 0.25) is 0 Å². The smallest absolute Gasteiger partial charge is 0.381 e. The van der Waals surface area contributed by atoms with Gasteiger partial charge in [-0.05, 0) is 37.1 Å². The van der Waals surface area contributed by atoms with Crippen LogP contribution in [0.2, 0.25) is 0 Å². The number of ether oxygens (including phenoxy) is 1. The van der Waals surface area contributed by atoms with Gasteiger partial charge in [-0.3, -0.25) is 0 Å². The fourth-order valence-corrected chi connectivity index (χ4v) is 9.32. The predicted molar refractivity (Wildman–Crippen MR) is 246 cm³/mol. The fourth-order valence-electron chi connectivity index (χ4n) is 9.32. The van der Waals surface area contributed by atoms with Crippen LogP contribution >= 0.6 is 0 Å². The van der Waals surface area contributed by atoms with Crippen molar-refractivity contribution in [2.75, 3.05) is 93.8 Å². The van der Waals surface area contributed by atoms with E-state index < -0.39 is 195 Å². The predicted octanol–water partition coefficient (Wildman–Crippen LogP) is 3.85. The number of nitrogens with one attached hydrogen (secondary N) is 4. The second-order valence-corrected chi connectivity index (χ2v) is 20.1. The van der Waals surface area contributed by atoms with Crippen molar-refractivity contribution in [3.8, 4) is 0 Å². The third kappa shape index (κ3) is 20.4. The van der Waals surface area contributed by atoms with Gasteiger partial charge in [0.15, 0.2) is 0 Å². The molecule has 81 heavy (non-hydrogen) atoms. The zero-order valence-electron chi connectivity index (χ0n) is 43.9. The van der Waals surface area contributed by atoms with Crippen molar-refractivity contribution in [2.45, 2.75) is 75.1 Å². The number of rotatable bonds is 4. The number of benzene rings is 4. The topological polar surface area (TPSA) is 27.0 Å². The van der Waals surface area contributed by atoms with Crippen LogP contribution in [-0.4, -0.2) is 99.9 Å². The maximum Gasteiger partial charge on any atom is 1.00 e. The average Bonchev–Trinajstić information content (AvgIpc) is 3.91. The number of hydrogen-bond donors (Lipinski definition) is 4. The van der Waals surface area contributed by atoms with Gasteiger partial charge in [-0.2, -0.15) is 127 Å². The molecular weight excluding hydrogens is 1160 g/mol. The quantitative estimate of drug-likeness (QED) is 0.182. The zero-order valence-corrected chi connectivity index (χ0v) is 45.9. The molecule has 2 fully saturated rings. The van der Waals surface area contributed by atoms with Crippen molar-refractivity contribution < 1.29 is 159 Å². The Morgan fingerprint density at radius 3 is 0.556 bits per heavy atom. The Morgan fingerprint density at radius 1 is 0.272 bits per heavy atom. The summed E-state index contributed by atoms with van der Waals surface area (Å²) >= 11 is 0. The SMILES string of the molecule is C1CCOC1.C[NH+]1CCC[NH+](C)CC[NH+](C)CCC[NH+](C)CC1.FC(F)(F)c1cc([B-](c2cc(C(F)(F)F)cc(C(F)(F)F)c2)(c2cc(C(F)(F)F)cc(C(F)(F)F)c2)c2cc(C(F)(F)F)cc(C(F)(F)F)c2)cc(C(F)(F)F)c1.[Na+]. The Balaban J connectivity index is 0.000000592. The van der Waals surface area contributed by atoms with Crippen LogP contribution in [0.1, 0.15) is 70.2 Å². The summed E-state index contributed by atoms with van der Waals surface area (Å²) in [7, 11) is 9.41. The monoisotopic (exact) mass is 1220 g/mol. The van der Waals surface area contributed by atoms with Gasteiger partial charge >= 0.3 is 79.0 Å². The Labute approximate surface area is 471 Å². The molecule has 4 atom stereocenters. The van der Waals surface area contributed by atoms with Gasteiger partial charge in [-0.25, -0.2) is 0 Å². The molecule has 6 rings (SSSR count). The molecule has 31 heteroatoms. The number of likely N-dealkylation sites (N-methyl/N-ethyl adjacent to an activating group) is 4. The molecular formula is C50H56BF24N4NaO+4. The van der Waals surface area contributed by atoms with E-state index >= 15 is 0 Å². The molecule has 0 aliphatic carbocycles. The van der Waals surface area contributed by atoms with Gasteiger partial charge in [0, 0.05) is 26.1 Å². The van der Waals surface area contributed by atoms with Crippen molar-refractivity contribution >= 4 is 28.0 Å². The number of halogens is 24. The summed E-state index contributed by atoms with van der Waals surface area (Å²) in [6.45, 7) is 12.7. The molecule has 2 saturated heterocycles. The molecule has 450 valence electrons. The van der Waals surface area contributed by atoms with E-state index in [9.17, 15) is 105 Å². The van der Waals surface area contributed by atoms with Crippen LogP contribution in [0.3, 0.4) is 0 Å². The second kappa shape index (κ2) is 27.4.